The lowest BCUT2D eigenvalue weighted by Gasteiger charge is -2.37. The second kappa shape index (κ2) is 5.74. The van der Waals surface area contributed by atoms with Gasteiger partial charge in [-0.3, -0.25) is 4.79 Å². The molecule has 0 spiro atoms. The molecule has 0 amide bonds. The van der Waals surface area contributed by atoms with Gasteiger partial charge in [0.05, 0.1) is 6.26 Å². The van der Waals surface area contributed by atoms with Crippen LogP contribution in [0.5, 0.6) is 0 Å². The Morgan fingerprint density at radius 2 is 2.28 bits per heavy atom. The highest BCUT2D eigenvalue weighted by Gasteiger charge is 2.41. The number of carboxylic acid groups (broad SMARTS) is 1. The molecule has 0 aromatic carbocycles. The molecule has 1 saturated carbocycles. The van der Waals surface area contributed by atoms with Crippen LogP contribution in [-0.2, 0) is 9.53 Å². The van der Waals surface area contributed by atoms with Gasteiger partial charge in [-0.1, -0.05) is 13.3 Å². The second-order valence-corrected chi connectivity index (χ2v) is 5.61. The van der Waals surface area contributed by atoms with Crippen molar-refractivity contribution in [3.63, 3.8) is 0 Å². The highest BCUT2D eigenvalue weighted by Crippen LogP contribution is 2.42. The minimum atomic E-state index is -0.810. The quantitative estimate of drug-likeness (QED) is 0.788. The summed E-state index contributed by atoms with van der Waals surface area (Å²) in [6.45, 7) is 1.89. The van der Waals surface area contributed by atoms with Crippen molar-refractivity contribution in [3.05, 3.63) is 12.3 Å². The van der Waals surface area contributed by atoms with Crippen LogP contribution >= 0.6 is 0 Å². The third kappa shape index (κ3) is 2.69. The van der Waals surface area contributed by atoms with Gasteiger partial charge in [-0.2, -0.15) is 0 Å². The molecule has 2 aliphatic rings. The zero-order valence-corrected chi connectivity index (χ0v) is 10.8. The van der Waals surface area contributed by atoms with Gasteiger partial charge in [0.15, 0.2) is 0 Å². The minimum Gasteiger partial charge on any atom is -0.498 e. The average Bonchev–Trinajstić information content (AvgIpc) is 2.77. The minimum absolute atomic E-state index is 0.00380. The summed E-state index contributed by atoms with van der Waals surface area (Å²) in [4.78, 5) is 10.8. The maximum atomic E-state index is 10.8. The van der Waals surface area contributed by atoms with Crippen molar-refractivity contribution in [3.8, 4) is 0 Å². The Hall–Kier alpha value is -1.03. The largest absolute Gasteiger partial charge is 0.498 e. The van der Waals surface area contributed by atoms with Gasteiger partial charge in [-0.05, 0) is 30.8 Å². The Morgan fingerprint density at radius 3 is 2.94 bits per heavy atom. The maximum absolute atomic E-state index is 10.8. The molecule has 102 valence electrons. The molecule has 1 aliphatic heterocycles. The van der Waals surface area contributed by atoms with E-state index in [4.69, 9.17) is 9.84 Å². The van der Waals surface area contributed by atoms with E-state index >= 15 is 0 Å². The second-order valence-electron chi connectivity index (χ2n) is 5.61. The van der Waals surface area contributed by atoms with E-state index in [0.717, 1.165) is 6.42 Å². The van der Waals surface area contributed by atoms with Crippen LogP contribution in [0.3, 0.4) is 0 Å². The number of fused-ring (bicyclic) bond motifs is 1. The molecule has 5 atom stereocenters. The van der Waals surface area contributed by atoms with Crippen LogP contribution in [-0.4, -0.2) is 28.9 Å². The summed E-state index contributed by atoms with van der Waals surface area (Å²) in [6, 6.07) is 0. The fourth-order valence-electron chi connectivity index (χ4n) is 3.46. The number of aliphatic carboxylic acids is 1. The van der Waals surface area contributed by atoms with Gasteiger partial charge < -0.3 is 14.9 Å². The van der Waals surface area contributed by atoms with E-state index in [9.17, 15) is 9.90 Å². The average molecular weight is 254 g/mol. The molecule has 2 N–H and O–H groups in total. The van der Waals surface area contributed by atoms with E-state index in [1.54, 1.807) is 6.26 Å². The normalized spacial score (nSPS) is 33.6. The monoisotopic (exact) mass is 254 g/mol. The molecular weight excluding hydrogens is 232 g/mol. The summed E-state index contributed by atoms with van der Waals surface area (Å²) < 4.78 is 5.71. The Morgan fingerprint density at radius 1 is 1.50 bits per heavy atom. The highest BCUT2D eigenvalue weighted by molar-refractivity contribution is 5.67. The van der Waals surface area contributed by atoms with E-state index in [0.29, 0.717) is 11.8 Å². The van der Waals surface area contributed by atoms with E-state index in [2.05, 4.69) is 6.08 Å². The molecule has 18 heavy (non-hydrogen) atoms. The van der Waals surface area contributed by atoms with Crippen LogP contribution in [0.2, 0.25) is 0 Å². The SMILES string of the molecule is CC(CC(=O)O)C(CO)C1OC=CC2CCCC21. The lowest BCUT2D eigenvalue weighted by atomic mass is 9.77. The summed E-state index contributed by atoms with van der Waals surface area (Å²) in [7, 11) is 0. The van der Waals surface area contributed by atoms with Crippen molar-refractivity contribution in [2.45, 2.75) is 38.7 Å². The molecule has 0 aromatic heterocycles. The summed E-state index contributed by atoms with van der Waals surface area (Å²) in [5, 5.41) is 18.5. The predicted molar refractivity (Wildman–Crippen MR) is 66.8 cm³/mol. The van der Waals surface area contributed by atoms with Gasteiger partial charge in [0.2, 0.25) is 0 Å². The van der Waals surface area contributed by atoms with Gasteiger partial charge in [-0.25, -0.2) is 0 Å². The Labute approximate surface area is 108 Å². The van der Waals surface area contributed by atoms with Crippen molar-refractivity contribution >= 4 is 5.97 Å². The number of hydrogen-bond donors (Lipinski definition) is 2. The molecule has 0 aromatic rings. The van der Waals surface area contributed by atoms with Crippen molar-refractivity contribution < 1.29 is 19.7 Å². The summed E-state index contributed by atoms with van der Waals surface area (Å²) in [6.07, 6.45) is 7.43. The van der Waals surface area contributed by atoms with Crippen molar-refractivity contribution in [2.75, 3.05) is 6.61 Å². The first-order valence-electron chi connectivity index (χ1n) is 6.78. The highest BCUT2D eigenvalue weighted by atomic mass is 16.5. The molecule has 1 fully saturated rings. The smallest absolute Gasteiger partial charge is 0.303 e. The molecule has 0 bridgehead atoms. The fraction of sp³-hybridized carbons (Fsp3) is 0.786. The molecular formula is C14H22O4. The number of aliphatic hydroxyl groups excluding tert-OH is 1. The molecule has 4 heteroatoms. The first-order valence-corrected chi connectivity index (χ1v) is 6.78. The van der Waals surface area contributed by atoms with Crippen LogP contribution in [0.15, 0.2) is 12.3 Å². The Balaban J connectivity index is 2.07. The third-order valence-corrected chi connectivity index (χ3v) is 4.47. The lowest BCUT2D eigenvalue weighted by Crippen LogP contribution is -2.40. The van der Waals surface area contributed by atoms with Crippen LogP contribution in [0.25, 0.3) is 0 Å². The molecule has 2 rings (SSSR count). The molecule has 4 nitrogen and oxygen atoms in total. The Kier molecular flexibility index (Phi) is 4.27. The molecule has 1 aliphatic carbocycles. The maximum Gasteiger partial charge on any atom is 0.303 e. The topological polar surface area (TPSA) is 66.8 Å². The molecule has 5 unspecified atom stereocenters. The lowest BCUT2D eigenvalue weighted by molar-refractivity contribution is -0.139. The summed E-state index contributed by atoms with van der Waals surface area (Å²) in [5.41, 5.74) is 0. The van der Waals surface area contributed by atoms with Crippen molar-refractivity contribution in [1.82, 2.24) is 0 Å². The van der Waals surface area contributed by atoms with E-state index < -0.39 is 5.97 Å². The summed E-state index contributed by atoms with van der Waals surface area (Å²) >= 11 is 0. The standard InChI is InChI=1S/C14H22O4/c1-9(7-13(16)17)12(8-15)14-11-4-2-3-10(11)5-6-18-14/h5-6,9-12,14-15H,2-4,7-8H2,1H3,(H,16,17). The predicted octanol–water partition coefficient (Wildman–Crippen LogP) is 2.03. The van der Waals surface area contributed by atoms with Crippen LogP contribution in [0.4, 0.5) is 0 Å². The van der Waals surface area contributed by atoms with Crippen molar-refractivity contribution in [1.29, 1.82) is 0 Å². The van der Waals surface area contributed by atoms with E-state index in [-0.39, 0.29) is 31.0 Å². The molecule has 1 heterocycles. The molecule has 0 saturated heterocycles. The number of carboxylic acids is 1. The zero-order valence-electron chi connectivity index (χ0n) is 10.8. The number of rotatable bonds is 5. The number of allylic oxidation sites excluding steroid dienone is 1. The van der Waals surface area contributed by atoms with Crippen LogP contribution in [0, 0.1) is 23.7 Å². The first kappa shape index (κ1) is 13.4. The first-order chi connectivity index (χ1) is 8.63. The van der Waals surface area contributed by atoms with Gasteiger partial charge in [0, 0.05) is 24.9 Å². The van der Waals surface area contributed by atoms with Crippen molar-refractivity contribution in [2.24, 2.45) is 23.7 Å². The van der Waals surface area contributed by atoms with Gasteiger partial charge in [0.25, 0.3) is 0 Å². The van der Waals surface area contributed by atoms with Crippen LogP contribution in [0.1, 0.15) is 32.6 Å². The van der Waals surface area contributed by atoms with Gasteiger partial charge >= 0.3 is 5.97 Å². The number of hydrogen-bond acceptors (Lipinski definition) is 3. The van der Waals surface area contributed by atoms with Gasteiger partial charge in [-0.15, -0.1) is 0 Å². The Bertz CT molecular complexity index is 326. The van der Waals surface area contributed by atoms with Crippen LogP contribution < -0.4 is 0 Å². The van der Waals surface area contributed by atoms with Gasteiger partial charge in [0.1, 0.15) is 6.10 Å². The third-order valence-electron chi connectivity index (χ3n) is 4.47. The van der Waals surface area contributed by atoms with E-state index in [1.807, 2.05) is 6.92 Å². The number of aliphatic hydroxyl groups is 1. The molecule has 0 radical (unpaired) electrons. The zero-order chi connectivity index (χ0) is 13.1. The fourth-order valence-corrected chi connectivity index (χ4v) is 3.46. The van der Waals surface area contributed by atoms with E-state index in [1.165, 1.54) is 12.8 Å². The number of carbonyl (C=O) groups is 1. The summed E-state index contributed by atoms with van der Waals surface area (Å²) in [5.74, 6) is 0.0374. The number of ether oxygens (including phenoxy) is 1.